The van der Waals surface area contributed by atoms with E-state index in [9.17, 15) is 27.2 Å². The van der Waals surface area contributed by atoms with Gasteiger partial charge in [-0.2, -0.15) is 23.4 Å². The number of amides is 1. The highest BCUT2D eigenvalue weighted by Crippen LogP contribution is 2.38. The van der Waals surface area contributed by atoms with Gasteiger partial charge >= 0.3 is 6.18 Å². The summed E-state index contributed by atoms with van der Waals surface area (Å²) in [5, 5.41) is 9.02. The van der Waals surface area contributed by atoms with Gasteiger partial charge in [-0.25, -0.2) is 4.39 Å². The van der Waals surface area contributed by atoms with E-state index < -0.39 is 40.1 Å². The minimum atomic E-state index is -4.80. The maximum Gasteiger partial charge on any atom is 0.417 e. The fraction of sp³-hybridized carbons (Fsp3) is 0.273. The number of fused-ring (bicyclic) bond motifs is 1. The van der Waals surface area contributed by atoms with Crippen LogP contribution in [0.3, 0.4) is 0 Å². The Bertz CT molecular complexity index is 1430. The van der Waals surface area contributed by atoms with E-state index in [4.69, 9.17) is 10.00 Å². The van der Waals surface area contributed by atoms with Gasteiger partial charge in [0.2, 0.25) is 5.88 Å². The average molecular weight is 475 g/mol. The van der Waals surface area contributed by atoms with Crippen molar-refractivity contribution in [2.24, 2.45) is 0 Å². The first-order chi connectivity index (χ1) is 15.9. The SMILES string of the molecule is COc1cc(=O)n2cc(N3CN(c4ccc(C#N)c(C(F)(F)F)c4)C(=O)C3(C)C)cc(F)c2n1. The van der Waals surface area contributed by atoms with E-state index in [0.29, 0.717) is 0 Å². The van der Waals surface area contributed by atoms with Gasteiger partial charge in [0, 0.05) is 18.0 Å². The van der Waals surface area contributed by atoms with Crippen LogP contribution in [0.2, 0.25) is 0 Å². The van der Waals surface area contributed by atoms with Crippen LogP contribution in [-0.2, 0) is 11.0 Å². The van der Waals surface area contributed by atoms with Crippen LogP contribution < -0.4 is 20.1 Å². The summed E-state index contributed by atoms with van der Waals surface area (Å²) in [6.45, 7) is 2.83. The van der Waals surface area contributed by atoms with Crippen LogP contribution in [0.5, 0.6) is 5.88 Å². The van der Waals surface area contributed by atoms with Crippen LogP contribution >= 0.6 is 0 Å². The number of aromatic nitrogens is 2. The summed E-state index contributed by atoms with van der Waals surface area (Å²) in [5.41, 5.74) is -3.87. The number of halogens is 4. The fourth-order valence-corrected chi connectivity index (χ4v) is 3.84. The zero-order valence-corrected chi connectivity index (χ0v) is 18.1. The number of benzene rings is 1. The molecule has 0 atom stereocenters. The Morgan fingerprint density at radius 3 is 2.47 bits per heavy atom. The zero-order valence-electron chi connectivity index (χ0n) is 18.1. The largest absolute Gasteiger partial charge is 0.481 e. The Labute approximate surface area is 190 Å². The van der Waals surface area contributed by atoms with Gasteiger partial charge in [0.25, 0.3) is 11.5 Å². The molecule has 0 N–H and O–H groups in total. The van der Waals surface area contributed by atoms with Crippen molar-refractivity contribution >= 4 is 22.9 Å². The van der Waals surface area contributed by atoms with Crippen molar-refractivity contribution in [3.05, 3.63) is 63.8 Å². The van der Waals surface area contributed by atoms with Gasteiger partial charge in [-0.1, -0.05) is 0 Å². The van der Waals surface area contributed by atoms with E-state index in [1.54, 1.807) is 0 Å². The number of alkyl halides is 3. The molecule has 4 rings (SSSR count). The second kappa shape index (κ2) is 7.72. The number of nitriles is 1. The molecule has 1 aliphatic heterocycles. The molecule has 1 amide bonds. The quantitative estimate of drug-likeness (QED) is 0.540. The van der Waals surface area contributed by atoms with E-state index in [1.165, 1.54) is 44.2 Å². The summed E-state index contributed by atoms with van der Waals surface area (Å²) in [6.07, 6.45) is -3.50. The van der Waals surface area contributed by atoms with Gasteiger partial charge in [0.05, 0.1) is 42.7 Å². The molecule has 0 spiro atoms. The van der Waals surface area contributed by atoms with Gasteiger partial charge < -0.3 is 9.64 Å². The Balaban J connectivity index is 1.80. The number of anilines is 2. The Hall–Kier alpha value is -4.14. The van der Waals surface area contributed by atoms with Crippen molar-refractivity contribution in [2.75, 3.05) is 23.6 Å². The number of hydrogen-bond acceptors (Lipinski definition) is 6. The number of ether oxygens (including phenoxy) is 1. The molecule has 2 aromatic heterocycles. The van der Waals surface area contributed by atoms with Gasteiger partial charge in [-0.3, -0.25) is 18.9 Å². The molecule has 34 heavy (non-hydrogen) atoms. The molecular formula is C22H17F4N5O3. The van der Waals surface area contributed by atoms with E-state index >= 15 is 0 Å². The molecule has 0 bridgehead atoms. The van der Waals surface area contributed by atoms with Crippen molar-refractivity contribution in [3.8, 4) is 11.9 Å². The Kier molecular flexibility index (Phi) is 5.23. The molecule has 0 aliphatic carbocycles. The smallest absolute Gasteiger partial charge is 0.417 e. The molecule has 0 saturated carbocycles. The lowest BCUT2D eigenvalue weighted by Crippen LogP contribution is -2.44. The number of nitrogens with zero attached hydrogens (tertiary/aromatic N) is 5. The number of hydrogen-bond donors (Lipinski definition) is 0. The summed E-state index contributed by atoms with van der Waals surface area (Å²) >= 11 is 0. The van der Waals surface area contributed by atoms with Crippen LogP contribution in [-0.4, -0.2) is 34.6 Å². The molecule has 1 saturated heterocycles. The van der Waals surface area contributed by atoms with E-state index in [-0.39, 0.29) is 29.6 Å². The molecule has 1 aliphatic rings. The second-order valence-corrected chi connectivity index (χ2v) is 8.08. The number of rotatable bonds is 3. The van der Waals surface area contributed by atoms with E-state index in [1.807, 2.05) is 0 Å². The molecule has 8 nitrogen and oxygen atoms in total. The molecule has 12 heteroatoms. The van der Waals surface area contributed by atoms with Crippen LogP contribution in [0.1, 0.15) is 25.0 Å². The number of methoxy groups -OCH3 is 1. The Morgan fingerprint density at radius 2 is 1.85 bits per heavy atom. The maximum absolute atomic E-state index is 14.9. The van der Waals surface area contributed by atoms with Gasteiger partial charge in [0.1, 0.15) is 5.54 Å². The average Bonchev–Trinajstić information content (AvgIpc) is 3.02. The van der Waals surface area contributed by atoms with E-state index in [0.717, 1.165) is 33.6 Å². The van der Waals surface area contributed by atoms with Crippen molar-refractivity contribution in [1.29, 1.82) is 5.26 Å². The molecular weight excluding hydrogens is 458 g/mol. The van der Waals surface area contributed by atoms with Crippen LogP contribution in [0.15, 0.2) is 41.3 Å². The minimum absolute atomic E-state index is 0.0687. The van der Waals surface area contributed by atoms with E-state index in [2.05, 4.69) is 4.98 Å². The van der Waals surface area contributed by atoms with Crippen molar-refractivity contribution in [1.82, 2.24) is 9.38 Å². The molecule has 0 unspecified atom stereocenters. The highest BCUT2D eigenvalue weighted by molar-refractivity contribution is 6.05. The standard InChI is InChI=1S/C22H17F4N5O3/c1-21(2)20(33)30(13-5-4-12(9-27)15(6-13)22(24,25)26)11-31(21)14-7-16(23)19-28-17(34-3)8-18(32)29(19)10-14/h4-8,10H,11H2,1-3H3. The van der Waals surface area contributed by atoms with Gasteiger partial charge in [0.15, 0.2) is 11.5 Å². The minimum Gasteiger partial charge on any atom is -0.481 e. The third-order valence-electron chi connectivity index (χ3n) is 5.67. The van der Waals surface area contributed by atoms with Crippen molar-refractivity contribution < 1.29 is 27.1 Å². The number of carbonyl (C=O) groups is 1. The topological polar surface area (TPSA) is 90.9 Å². The monoisotopic (exact) mass is 475 g/mol. The molecule has 1 aromatic carbocycles. The summed E-state index contributed by atoms with van der Waals surface area (Å²) in [6, 6.07) is 6.62. The predicted molar refractivity (Wildman–Crippen MR) is 113 cm³/mol. The molecule has 3 aromatic rings. The first-order valence-electron chi connectivity index (χ1n) is 9.86. The third kappa shape index (κ3) is 3.59. The molecule has 176 valence electrons. The summed E-state index contributed by atoms with van der Waals surface area (Å²) in [4.78, 5) is 32.1. The predicted octanol–water partition coefficient (Wildman–Crippen LogP) is 3.32. The summed E-state index contributed by atoms with van der Waals surface area (Å²) in [5.74, 6) is -1.47. The van der Waals surface area contributed by atoms with Crippen LogP contribution in [0.4, 0.5) is 28.9 Å². The first kappa shape index (κ1) is 23.0. The normalized spacial score (nSPS) is 15.6. The second-order valence-electron chi connectivity index (χ2n) is 8.08. The van der Waals surface area contributed by atoms with Crippen LogP contribution in [0.25, 0.3) is 5.65 Å². The highest BCUT2D eigenvalue weighted by atomic mass is 19.4. The highest BCUT2D eigenvalue weighted by Gasteiger charge is 2.47. The lowest BCUT2D eigenvalue weighted by molar-refractivity contribution is -0.137. The zero-order chi connectivity index (χ0) is 25.0. The number of carbonyl (C=O) groups excluding carboxylic acids is 1. The summed E-state index contributed by atoms with van der Waals surface area (Å²) in [7, 11) is 1.28. The molecule has 0 radical (unpaired) electrons. The van der Waals surface area contributed by atoms with Crippen molar-refractivity contribution in [2.45, 2.75) is 25.6 Å². The van der Waals surface area contributed by atoms with Crippen molar-refractivity contribution in [3.63, 3.8) is 0 Å². The lowest BCUT2D eigenvalue weighted by Gasteiger charge is -2.30. The molecule has 1 fully saturated rings. The van der Waals surface area contributed by atoms with Gasteiger partial charge in [-0.15, -0.1) is 0 Å². The first-order valence-corrected chi connectivity index (χ1v) is 9.86. The summed E-state index contributed by atoms with van der Waals surface area (Å²) < 4.78 is 61.0. The fourth-order valence-electron chi connectivity index (χ4n) is 3.84. The number of pyridine rings is 1. The lowest BCUT2D eigenvalue weighted by atomic mass is 10.0. The Morgan fingerprint density at radius 1 is 1.15 bits per heavy atom. The van der Waals surface area contributed by atoms with Crippen LogP contribution in [0, 0.1) is 17.1 Å². The maximum atomic E-state index is 14.9. The third-order valence-corrected chi connectivity index (χ3v) is 5.67. The molecule has 3 heterocycles. The van der Waals surface area contributed by atoms with Gasteiger partial charge in [-0.05, 0) is 32.0 Å².